The zero-order valence-electron chi connectivity index (χ0n) is 20.7. The number of allylic oxidation sites excluding steroid dienone is 1. The van der Waals surface area contributed by atoms with Crippen molar-refractivity contribution >= 4 is 29.7 Å². The first kappa shape index (κ1) is 25.9. The number of ketones is 1. The number of fused-ring (bicyclic) bond motifs is 3. The fourth-order valence-corrected chi connectivity index (χ4v) is 6.66. The number of hydrogen-bond donors (Lipinski definition) is 0. The highest BCUT2D eigenvalue weighted by Gasteiger charge is 2.64. The third-order valence-corrected chi connectivity index (χ3v) is 7.91. The minimum absolute atomic E-state index is 0.0469. The zero-order chi connectivity index (χ0) is 25.4. The second-order valence-electron chi connectivity index (χ2n) is 9.82. The van der Waals surface area contributed by atoms with Crippen LogP contribution in [0.4, 0.5) is 0 Å². The van der Waals surface area contributed by atoms with Gasteiger partial charge in [-0.25, -0.2) is 0 Å². The van der Waals surface area contributed by atoms with Crippen molar-refractivity contribution < 1.29 is 42.9 Å². The molecule has 0 heterocycles. The lowest BCUT2D eigenvalue weighted by Crippen LogP contribution is -2.67. The number of rotatable bonds is 5. The van der Waals surface area contributed by atoms with Crippen molar-refractivity contribution in [3.8, 4) is 0 Å². The number of carbonyl (C=O) groups excluding carboxylic acids is 5. The molecule has 0 spiro atoms. The number of esters is 4. The summed E-state index contributed by atoms with van der Waals surface area (Å²) in [5.74, 6) is -2.61. The Hall–Kier alpha value is -2.71. The van der Waals surface area contributed by atoms with Gasteiger partial charge in [0, 0.05) is 44.1 Å². The summed E-state index contributed by atoms with van der Waals surface area (Å²) >= 11 is 0. The number of ether oxygens (including phenoxy) is 4. The van der Waals surface area contributed by atoms with Crippen molar-refractivity contribution in [3.63, 3.8) is 0 Å². The lowest BCUT2D eigenvalue weighted by Gasteiger charge is -2.61. The van der Waals surface area contributed by atoms with Crippen molar-refractivity contribution in [2.24, 2.45) is 23.2 Å². The van der Waals surface area contributed by atoms with E-state index in [1.807, 2.05) is 13.8 Å². The Morgan fingerprint density at radius 1 is 0.912 bits per heavy atom. The average molecular weight is 479 g/mol. The molecule has 7 atom stereocenters. The largest absolute Gasteiger partial charge is 0.469 e. The summed E-state index contributed by atoms with van der Waals surface area (Å²) in [5, 5.41) is 0. The van der Waals surface area contributed by atoms with Gasteiger partial charge in [0.05, 0.1) is 13.5 Å². The lowest BCUT2D eigenvalue weighted by molar-refractivity contribution is -0.241. The molecule has 0 amide bonds. The van der Waals surface area contributed by atoms with E-state index < -0.39 is 47.6 Å². The first-order valence-corrected chi connectivity index (χ1v) is 11.7. The molecule has 0 aromatic rings. The summed E-state index contributed by atoms with van der Waals surface area (Å²) in [5.41, 5.74) is 0.651. The first-order valence-electron chi connectivity index (χ1n) is 11.7. The van der Waals surface area contributed by atoms with Crippen molar-refractivity contribution in [1.29, 1.82) is 0 Å². The Kier molecular flexibility index (Phi) is 7.53. The zero-order valence-corrected chi connectivity index (χ0v) is 20.7. The normalized spacial score (nSPS) is 34.9. The summed E-state index contributed by atoms with van der Waals surface area (Å²) in [6.07, 6.45) is -0.741. The van der Waals surface area contributed by atoms with Crippen LogP contribution in [0.25, 0.3) is 0 Å². The molecule has 2 fully saturated rings. The summed E-state index contributed by atoms with van der Waals surface area (Å²) in [6.45, 7) is 7.79. The third kappa shape index (κ3) is 4.61. The molecule has 3 aliphatic carbocycles. The van der Waals surface area contributed by atoms with Crippen LogP contribution in [0.15, 0.2) is 11.1 Å². The van der Waals surface area contributed by atoms with E-state index in [2.05, 4.69) is 0 Å². The molecule has 0 aliphatic heterocycles. The van der Waals surface area contributed by atoms with E-state index in [-0.39, 0.29) is 36.4 Å². The summed E-state index contributed by atoms with van der Waals surface area (Å²) in [6, 6.07) is 0. The van der Waals surface area contributed by atoms with Crippen LogP contribution in [0.2, 0.25) is 0 Å². The van der Waals surface area contributed by atoms with E-state index >= 15 is 0 Å². The minimum atomic E-state index is -0.998. The molecule has 34 heavy (non-hydrogen) atoms. The molecule has 0 aromatic carbocycles. The maximum absolute atomic E-state index is 12.8. The van der Waals surface area contributed by atoms with E-state index in [1.54, 1.807) is 0 Å². The van der Waals surface area contributed by atoms with Crippen LogP contribution in [-0.2, 0) is 42.9 Å². The number of hydrogen-bond acceptors (Lipinski definition) is 9. The van der Waals surface area contributed by atoms with E-state index in [1.165, 1.54) is 27.9 Å². The predicted octanol–water partition coefficient (Wildman–Crippen LogP) is 2.69. The first-order chi connectivity index (χ1) is 15.9. The molecule has 3 aliphatic rings. The SMILES string of the molecule is COC(=O)CC1=C2CC[C@H]3[C@H](C)[C@@H](OC(C)=O)[C@@H](OC(C)=O)[C@H](OC(C)=O)[C@]3(C)[C@H]2CCC1=O. The highest BCUT2D eigenvalue weighted by molar-refractivity contribution is 6.00. The Bertz CT molecular complexity index is 919. The molecule has 0 radical (unpaired) electrons. The maximum Gasteiger partial charge on any atom is 0.310 e. The van der Waals surface area contributed by atoms with Gasteiger partial charge in [-0.3, -0.25) is 24.0 Å². The van der Waals surface area contributed by atoms with Crippen LogP contribution in [0.3, 0.4) is 0 Å². The third-order valence-electron chi connectivity index (χ3n) is 7.91. The van der Waals surface area contributed by atoms with Crippen molar-refractivity contribution in [1.82, 2.24) is 0 Å². The molecule has 0 aromatic heterocycles. The molecule has 0 bridgehead atoms. The molecule has 3 rings (SSSR count). The van der Waals surface area contributed by atoms with Gasteiger partial charge in [0.1, 0.15) is 12.2 Å². The van der Waals surface area contributed by atoms with Gasteiger partial charge in [-0.05, 0) is 31.1 Å². The second kappa shape index (κ2) is 9.88. The minimum Gasteiger partial charge on any atom is -0.469 e. The molecular formula is C25H34O9. The Morgan fingerprint density at radius 3 is 2.06 bits per heavy atom. The molecule has 0 unspecified atom stereocenters. The van der Waals surface area contributed by atoms with E-state index in [0.29, 0.717) is 24.8 Å². The fourth-order valence-electron chi connectivity index (χ4n) is 6.66. The van der Waals surface area contributed by atoms with Crippen LogP contribution >= 0.6 is 0 Å². The predicted molar refractivity (Wildman–Crippen MR) is 118 cm³/mol. The molecule has 9 nitrogen and oxygen atoms in total. The summed E-state index contributed by atoms with van der Waals surface area (Å²) < 4.78 is 22.0. The van der Waals surface area contributed by atoms with Gasteiger partial charge in [-0.1, -0.05) is 19.4 Å². The Labute approximate surface area is 199 Å². The van der Waals surface area contributed by atoms with Gasteiger partial charge >= 0.3 is 23.9 Å². The smallest absolute Gasteiger partial charge is 0.310 e. The fraction of sp³-hybridized carbons (Fsp3) is 0.720. The Balaban J connectivity index is 2.16. The van der Waals surface area contributed by atoms with Crippen molar-refractivity contribution in [2.75, 3.05) is 7.11 Å². The van der Waals surface area contributed by atoms with Crippen LogP contribution in [0.5, 0.6) is 0 Å². The summed E-state index contributed by atoms with van der Waals surface area (Å²) in [7, 11) is 1.29. The average Bonchev–Trinajstić information content (AvgIpc) is 2.74. The van der Waals surface area contributed by atoms with Gasteiger partial charge in [-0.2, -0.15) is 0 Å². The van der Waals surface area contributed by atoms with Crippen LogP contribution in [0, 0.1) is 23.2 Å². The lowest BCUT2D eigenvalue weighted by atomic mass is 9.47. The monoisotopic (exact) mass is 478 g/mol. The van der Waals surface area contributed by atoms with Crippen LogP contribution in [0.1, 0.15) is 66.7 Å². The summed E-state index contributed by atoms with van der Waals surface area (Å²) in [4.78, 5) is 61.1. The van der Waals surface area contributed by atoms with Gasteiger partial charge in [0.25, 0.3) is 0 Å². The van der Waals surface area contributed by atoms with E-state index in [0.717, 1.165) is 5.57 Å². The highest BCUT2D eigenvalue weighted by atomic mass is 16.6. The second-order valence-corrected chi connectivity index (χ2v) is 9.82. The number of Topliss-reactive ketones (excluding diaryl/α,β-unsaturated/α-hetero) is 1. The topological polar surface area (TPSA) is 122 Å². The maximum atomic E-state index is 12.8. The number of carbonyl (C=O) groups is 5. The van der Waals surface area contributed by atoms with Crippen LogP contribution in [-0.4, -0.2) is 55.1 Å². The molecular weight excluding hydrogens is 444 g/mol. The molecule has 0 saturated heterocycles. The van der Waals surface area contributed by atoms with E-state index in [9.17, 15) is 24.0 Å². The standard InChI is InChI=1S/C25H34O9/c1-12-18-8-7-16-17(11-21(30)31-6)20(29)10-9-19(16)25(18,5)24(34-15(4)28)23(33-14(3)27)22(12)32-13(2)26/h12,18-19,22-24H,7-11H2,1-6H3/t12-,18-,19-,22+,23+,24-,25-/m0/s1. The van der Waals surface area contributed by atoms with E-state index in [4.69, 9.17) is 18.9 Å². The van der Waals surface area contributed by atoms with Crippen LogP contribution < -0.4 is 0 Å². The molecule has 0 N–H and O–H groups in total. The van der Waals surface area contributed by atoms with Gasteiger partial charge in [-0.15, -0.1) is 0 Å². The van der Waals surface area contributed by atoms with Gasteiger partial charge < -0.3 is 18.9 Å². The van der Waals surface area contributed by atoms with Gasteiger partial charge in [0.2, 0.25) is 0 Å². The number of methoxy groups -OCH3 is 1. The Morgan fingerprint density at radius 2 is 1.50 bits per heavy atom. The molecule has 2 saturated carbocycles. The molecule has 9 heteroatoms. The molecule has 188 valence electrons. The van der Waals surface area contributed by atoms with Gasteiger partial charge in [0.15, 0.2) is 11.9 Å². The quantitative estimate of drug-likeness (QED) is 0.433. The highest BCUT2D eigenvalue weighted by Crippen LogP contribution is 2.61. The van der Waals surface area contributed by atoms with Crippen molar-refractivity contribution in [3.05, 3.63) is 11.1 Å². The van der Waals surface area contributed by atoms with Crippen molar-refractivity contribution in [2.45, 2.75) is 85.0 Å².